The molecule has 1 aliphatic rings. The van der Waals surface area contributed by atoms with Crippen LogP contribution in [0.25, 0.3) is 0 Å². The Kier molecular flexibility index (Phi) is 4.60. The third-order valence-corrected chi connectivity index (χ3v) is 4.58. The Morgan fingerprint density at radius 3 is 2.89 bits per heavy atom. The maximum Gasteiger partial charge on any atom is 0.416 e. The predicted molar refractivity (Wildman–Crippen MR) is 72.4 cm³/mol. The molecule has 2 rings (SSSR count). The first kappa shape index (κ1) is 14.5. The summed E-state index contributed by atoms with van der Waals surface area (Å²) in [6, 6.07) is 2.31. The van der Waals surface area contributed by atoms with Gasteiger partial charge in [0.15, 0.2) is 0 Å². The van der Waals surface area contributed by atoms with Crippen molar-refractivity contribution in [2.45, 2.75) is 43.7 Å². The summed E-state index contributed by atoms with van der Waals surface area (Å²) < 4.78 is 37.9. The van der Waals surface area contributed by atoms with E-state index in [0.717, 1.165) is 37.1 Å². The van der Waals surface area contributed by atoms with Crippen molar-refractivity contribution in [3.8, 4) is 0 Å². The molecule has 0 saturated heterocycles. The number of nitrogens with zero attached hydrogens (tertiary/aromatic N) is 1. The standard InChI is InChI=1S/C13H17F3N2S/c1-2-19-11-5-3-4-10(11)18-12-8-9(6-7-17-12)13(14,15)16/h6-8,10-11H,2-5H2,1H3,(H,17,18). The quantitative estimate of drug-likeness (QED) is 0.900. The number of halogens is 3. The summed E-state index contributed by atoms with van der Waals surface area (Å²) in [4.78, 5) is 3.99. The van der Waals surface area contributed by atoms with Crippen molar-refractivity contribution in [3.63, 3.8) is 0 Å². The van der Waals surface area contributed by atoms with Crippen LogP contribution in [0.1, 0.15) is 31.7 Å². The molecular weight excluding hydrogens is 273 g/mol. The number of aromatic nitrogens is 1. The van der Waals surface area contributed by atoms with Crippen molar-refractivity contribution >= 4 is 17.6 Å². The molecule has 0 bridgehead atoms. The molecule has 0 aromatic carbocycles. The molecular formula is C13H17F3N2S. The van der Waals surface area contributed by atoms with E-state index in [1.807, 2.05) is 11.8 Å². The molecule has 2 atom stereocenters. The molecule has 1 aliphatic carbocycles. The van der Waals surface area contributed by atoms with E-state index in [1.54, 1.807) is 0 Å². The Bertz CT molecular complexity index is 423. The van der Waals surface area contributed by atoms with Crippen LogP contribution >= 0.6 is 11.8 Å². The Morgan fingerprint density at radius 1 is 1.42 bits per heavy atom. The number of pyridine rings is 1. The van der Waals surface area contributed by atoms with E-state index in [2.05, 4.69) is 17.2 Å². The lowest BCUT2D eigenvalue weighted by atomic mass is 10.2. The number of hydrogen-bond acceptors (Lipinski definition) is 3. The highest BCUT2D eigenvalue weighted by Crippen LogP contribution is 2.33. The highest BCUT2D eigenvalue weighted by atomic mass is 32.2. The van der Waals surface area contributed by atoms with Crippen molar-refractivity contribution in [1.82, 2.24) is 4.98 Å². The average molecular weight is 290 g/mol. The second-order valence-electron chi connectivity index (χ2n) is 4.60. The van der Waals surface area contributed by atoms with Gasteiger partial charge in [0.1, 0.15) is 5.82 Å². The molecule has 19 heavy (non-hydrogen) atoms. The Morgan fingerprint density at radius 2 is 2.21 bits per heavy atom. The SMILES string of the molecule is CCSC1CCCC1Nc1cc(C(F)(F)F)ccn1. The number of anilines is 1. The molecule has 1 aromatic heterocycles. The first-order valence-corrected chi connectivity index (χ1v) is 7.47. The fourth-order valence-corrected chi connectivity index (χ4v) is 3.58. The van der Waals surface area contributed by atoms with Crippen LogP contribution in [0.3, 0.4) is 0 Å². The van der Waals surface area contributed by atoms with Crippen LogP contribution in [0.5, 0.6) is 0 Å². The van der Waals surface area contributed by atoms with Crippen molar-refractivity contribution in [2.75, 3.05) is 11.1 Å². The van der Waals surface area contributed by atoms with Gasteiger partial charge in [-0.25, -0.2) is 4.98 Å². The van der Waals surface area contributed by atoms with Gasteiger partial charge in [0.25, 0.3) is 0 Å². The molecule has 0 amide bonds. The second-order valence-corrected chi connectivity index (χ2v) is 6.12. The van der Waals surface area contributed by atoms with Crippen LogP contribution in [0, 0.1) is 0 Å². The summed E-state index contributed by atoms with van der Waals surface area (Å²) in [6.45, 7) is 2.10. The number of rotatable bonds is 4. The second kappa shape index (κ2) is 6.03. The van der Waals surface area contributed by atoms with E-state index in [0.29, 0.717) is 11.1 Å². The van der Waals surface area contributed by atoms with E-state index in [1.165, 1.54) is 6.20 Å². The minimum Gasteiger partial charge on any atom is -0.366 e. The van der Waals surface area contributed by atoms with Gasteiger partial charge >= 0.3 is 6.18 Å². The first-order chi connectivity index (χ1) is 9.00. The molecule has 0 aliphatic heterocycles. The number of thioether (sulfide) groups is 1. The van der Waals surface area contributed by atoms with Gasteiger partial charge in [-0.15, -0.1) is 0 Å². The van der Waals surface area contributed by atoms with Crippen molar-refractivity contribution in [3.05, 3.63) is 23.9 Å². The zero-order valence-corrected chi connectivity index (χ0v) is 11.5. The Hall–Kier alpha value is -0.910. The smallest absolute Gasteiger partial charge is 0.366 e. The maximum atomic E-state index is 12.6. The number of hydrogen-bond donors (Lipinski definition) is 1. The zero-order valence-electron chi connectivity index (χ0n) is 10.7. The average Bonchev–Trinajstić information content (AvgIpc) is 2.77. The molecule has 6 heteroatoms. The molecule has 1 N–H and O–H groups in total. The summed E-state index contributed by atoms with van der Waals surface area (Å²) in [6.07, 6.45) is 0.133. The van der Waals surface area contributed by atoms with Gasteiger partial charge in [-0.05, 0) is 30.7 Å². The molecule has 0 radical (unpaired) electrons. The van der Waals surface area contributed by atoms with Gasteiger partial charge < -0.3 is 5.32 Å². The molecule has 1 saturated carbocycles. The van der Waals surface area contributed by atoms with E-state index in [-0.39, 0.29) is 6.04 Å². The molecule has 0 spiro atoms. The monoisotopic (exact) mass is 290 g/mol. The molecule has 2 unspecified atom stereocenters. The fourth-order valence-electron chi connectivity index (χ4n) is 2.38. The topological polar surface area (TPSA) is 24.9 Å². The zero-order chi connectivity index (χ0) is 13.9. The highest BCUT2D eigenvalue weighted by molar-refractivity contribution is 7.99. The fraction of sp³-hybridized carbons (Fsp3) is 0.615. The maximum absolute atomic E-state index is 12.6. The third-order valence-electron chi connectivity index (χ3n) is 3.25. The van der Waals surface area contributed by atoms with Crippen molar-refractivity contribution in [2.24, 2.45) is 0 Å². The minimum atomic E-state index is -4.31. The van der Waals surface area contributed by atoms with Gasteiger partial charge in [-0.1, -0.05) is 13.3 Å². The van der Waals surface area contributed by atoms with Crippen molar-refractivity contribution < 1.29 is 13.2 Å². The summed E-state index contributed by atoms with van der Waals surface area (Å²) in [7, 11) is 0. The van der Waals surface area contributed by atoms with Crippen LogP contribution < -0.4 is 5.32 Å². The van der Waals surface area contributed by atoms with Crippen LogP contribution in [0.4, 0.5) is 19.0 Å². The van der Waals surface area contributed by atoms with Gasteiger partial charge in [0.05, 0.1) is 5.56 Å². The van der Waals surface area contributed by atoms with Gasteiger partial charge in [0.2, 0.25) is 0 Å². The Labute approximate surface area is 115 Å². The molecule has 106 valence electrons. The molecule has 1 fully saturated rings. The normalized spacial score (nSPS) is 23.6. The number of nitrogens with one attached hydrogen (secondary N) is 1. The Balaban J connectivity index is 2.06. The number of alkyl halides is 3. The van der Waals surface area contributed by atoms with E-state index >= 15 is 0 Å². The van der Waals surface area contributed by atoms with Gasteiger partial charge in [-0.2, -0.15) is 24.9 Å². The van der Waals surface area contributed by atoms with E-state index in [4.69, 9.17) is 0 Å². The van der Waals surface area contributed by atoms with Gasteiger partial charge in [-0.3, -0.25) is 0 Å². The van der Waals surface area contributed by atoms with E-state index < -0.39 is 11.7 Å². The summed E-state index contributed by atoms with van der Waals surface area (Å²) in [5.41, 5.74) is -0.650. The van der Waals surface area contributed by atoms with Gasteiger partial charge in [0, 0.05) is 17.5 Å². The lowest BCUT2D eigenvalue weighted by molar-refractivity contribution is -0.137. The summed E-state index contributed by atoms with van der Waals surface area (Å²) in [5.74, 6) is 1.35. The van der Waals surface area contributed by atoms with E-state index in [9.17, 15) is 13.2 Å². The van der Waals surface area contributed by atoms with Crippen molar-refractivity contribution in [1.29, 1.82) is 0 Å². The minimum absolute atomic E-state index is 0.223. The summed E-state index contributed by atoms with van der Waals surface area (Å²) in [5, 5.41) is 3.63. The molecule has 2 nitrogen and oxygen atoms in total. The van der Waals surface area contributed by atoms with Crippen LogP contribution in [-0.2, 0) is 6.18 Å². The van der Waals surface area contributed by atoms with Crippen LogP contribution in [0.15, 0.2) is 18.3 Å². The van der Waals surface area contributed by atoms with Crippen LogP contribution in [-0.4, -0.2) is 22.0 Å². The predicted octanol–water partition coefficient (Wildman–Crippen LogP) is 4.19. The molecule has 1 heterocycles. The molecule has 1 aromatic rings. The lowest BCUT2D eigenvalue weighted by Gasteiger charge is -2.21. The summed E-state index contributed by atoms with van der Waals surface area (Å²) >= 11 is 1.86. The highest BCUT2D eigenvalue weighted by Gasteiger charge is 2.32. The third kappa shape index (κ3) is 3.78. The first-order valence-electron chi connectivity index (χ1n) is 6.42. The lowest BCUT2D eigenvalue weighted by Crippen LogP contribution is -2.26. The largest absolute Gasteiger partial charge is 0.416 e. The van der Waals surface area contributed by atoms with Crippen LogP contribution in [0.2, 0.25) is 0 Å².